The van der Waals surface area contributed by atoms with Gasteiger partial charge in [-0.05, 0) is 12.8 Å². The fourth-order valence-electron chi connectivity index (χ4n) is 1.91. The molecule has 0 aromatic carbocycles. The van der Waals surface area contributed by atoms with Crippen molar-refractivity contribution in [3.05, 3.63) is 0 Å². The maximum Gasteiger partial charge on any atom is 0.395 e. The van der Waals surface area contributed by atoms with E-state index in [-0.39, 0.29) is 12.4 Å². The van der Waals surface area contributed by atoms with E-state index in [1.807, 2.05) is 0 Å². The molecule has 80 valence electrons. The van der Waals surface area contributed by atoms with E-state index < -0.39 is 18.3 Å². The number of guanidine groups is 1. The number of aliphatic imine (C=N–C) groups is 1. The van der Waals surface area contributed by atoms with Crippen LogP contribution in [0.1, 0.15) is 12.8 Å². The predicted octanol–water partition coefficient (Wildman–Crippen LogP) is 0.420. The van der Waals surface area contributed by atoms with E-state index in [1.165, 1.54) is 5.01 Å². The number of fused-ring (bicyclic) bond motifs is 1. The van der Waals surface area contributed by atoms with Gasteiger partial charge in [-0.1, -0.05) is 0 Å². The molecule has 1 fully saturated rings. The summed E-state index contributed by atoms with van der Waals surface area (Å²) >= 11 is 0. The molecule has 0 aromatic rings. The number of piperidine rings is 1. The molecule has 2 aliphatic rings. The Hall–Kier alpha value is -0.980. The monoisotopic (exact) mass is 208 g/mol. The Labute approximate surface area is 78.9 Å². The highest BCUT2D eigenvalue weighted by molar-refractivity contribution is 5.78. The largest absolute Gasteiger partial charge is 0.395 e. The molecular formula is C7H11F3N4. The number of halogens is 3. The van der Waals surface area contributed by atoms with E-state index >= 15 is 0 Å². The van der Waals surface area contributed by atoms with Crippen LogP contribution in [-0.4, -0.2) is 29.9 Å². The first-order valence-corrected chi connectivity index (χ1v) is 4.42. The van der Waals surface area contributed by atoms with E-state index in [0.29, 0.717) is 13.0 Å². The Morgan fingerprint density at radius 1 is 1.50 bits per heavy atom. The molecule has 0 saturated carbocycles. The maximum absolute atomic E-state index is 12.5. The molecule has 0 radical (unpaired) electrons. The molecule has 7 heteroatoms. The molecule has 1 saturated heterocycles. The van der Waals surface area contributed by atoms with Crippen LogP contribution >= 0.6 is 0 Å². The average Bonchev–Trinajstić information content (AvgIpc) is 2.41. The highest BCUT2D eigenvalue weighted by atomic mass is 19.4. The number of alkyl halides is 3. The van der Waals surface area contributed by atoms with Gasteiger partial charge in [0, 0.05) is 6.54 Å². The van der Waals surface area contributed by atoms with E-state index in [2.05, 4.69) is 10.4 Å². The summed E-state index contributed by atoms with van der Waals surface area (Å²) in [5.74, 6) is -1.32. The number of nitrogens with one attached hydrogen (secondary N) is 1. The molecule has 0 aromatic heterocycles. The fraction of sp³-hybridized carbons (Fsp3) is 0.857. The van der Waals surface area contributed by atoms with Crippen LogP contribution in [0.5, 0.6) is 0 Å². The quantitative estimate of drug-likeness (QED) is 0.606. The van der Waals surface area contributed by atoms with E-state index in [1.54, 1.807) is 0 Å². The lowest BCUT2D eigenvalue weighted by Crippen LogP contribution is -2.52. The van der Waals surface area contributed by atoms with Crippen LogP contribution < -0.4 is 11.2 Å². The summed E-state index contributed by atoms with van der Waals surface area (Å²) in [6.07, 6.45) is -4.43. The van der Waals surface area contributed by atoms with Gasteiger partial charge < -0.3 is 5.73 Å². The minimum atomic E-state index is -4.20. The molecule has 4 nitrogen and oxygen atoms in total. The van der Waals surface area contributed by atoms with Crippen molar-refractivity contribution in [2.75, 3.05) is 6.54 Å². The van der Waals surface area contributed by atoms with Crippen LogP contribution in [0.2, 0.25) is 0 Å². The zero-order valence-corrected chi connectivity index (χ0v) is 7.38. The van der Waals surface area contributed by atoms with Crippen molar-refractivity contribution in [3.63, 3.8) is 0 Å². The smallest absolute Gasteiger partial charge is 0.369 e. The van der Waals surface area contributed by atoms with Gasteiger partial charge in [-0.25, -0.2) is 4.99 Å². The Morgan fingerprint density at radius 2 is 2.21 bits per heavy atom. The maximum atomic E-state index is 12.5. The molecule has 2 unspecified atom stereocenters. The molecule has 3 N–H and O–H groups in total. The Bertz CT molecular complexity index is 262. The van der Waals surface area contributed by atoms with Crippen LogP contribution in [0.3, 0.4) is 0 Å². The van der Waals surface area contributed by atoms with Crippen molar-refractivity contribution < 1.29 is 13.2 Å². The van der Waals surface area contributed by atoms with E-state index in [4.69, 9.17) is 5.73 Å². The zero-order valence-electron chi connectivity index (χ0n) is 7.38. The normalized spacial score (nSPS) is 33.5. The van der Waals surface area contributed by atoms with Crippen molar-refractivity contribution in [1.82, 2.24) is 10.4 Å². The minimum absolute atomic E-state index is 0.0751. The van der Waals surface area contributed by atoms with Crippen molar-refractivity contribution in [3.8, 4) is 0 Å². The number of hydrogen-bond acceptors (Lipinski definition) is 4. The lowest BCUT2D eigenvalue weighted by Gasteiger charge is -2.35. The van der Waals surface area contributed by atoms with Gasteiger partial charge in [-0.2, -0.15) is 18.2 Å². The van der Waals surface area contributed by atoms with Crippen molar-refractivity contribution in [1.29, 1.82) is 0 Å². The SMILES string of the molecule is NC1=NC2C(C(F)(F)F)CCCN2N1. The second-order valence-electron chi connectivity index (χ2n) is 3.52. The first-order chi connectivity index (χ1) is 6.48. The Kier molecular flexibility index (Phi) is 2.06. The summed E-state index contributed by atoms with van der Waals surface area (Å²) in [5, 5.41) is 1.46. The molecule has 0 aliphatic carbocycles. The molecule has 14 heavy (non-hydrogen) atoms. The molecule has 2 aliphatic heterocycles. The topological polar surface area (TPSA) is 53.6 Å². The van der Waals surface area contributed by atoms with E-state index in [0.717, 1.165) is 0 Å². The standard InChI is InChI=1S/C7H11F3N4/c8-7(9,10)4-2-1-3-14-5(4)12-6(11)13-14/h4-5H,1-3H2,(H3,11,12,13). The molecule has 0 amide bonds. The number of rotatable bonds is 0. The summed E-state index contributed by atoms with van der Waals surface area (Å²) < 4.78 is 37.6. The van der Waals surface area contributed by atoms with Crippen LogP contribution in [0.15, 0.2) is 4.99 Å². The third-order valence-electron chi connectivity index (χ3n) is 2.54. The van der Waals surface area contributed by atoms with Crippen molar-refractivity contribution in [2.45, 2.75) is 25.2 Å². The van der Waals surface area contributed by atoms with E-state index in [9.17, 15) is 13.2 Å². The van der Waals surface area contributed by atoms with Gasteiger partial charge >= 0.3 is 6.18 Å². The number of nitrogens with two attached hydrogens (primary N) is 1. The predicted molar refractivity (Wildman–Crippen MR) is 44.0 cm³/mol. The van der Waals surface area contributed by atoms with Gasteiger partial charge in [0.25, 0.3) is 0 Å². The Morgan fingerprint density at radius 3 is 2.86 bits per heavy atom. The van der Waals surface area contributed by atoms with Crippen LogP contribution in [0, 0.1) is 5.92 Å². The van der Waals surface area contributed by atoms with Gasteiger partial charge in [-0.3, -0.25) is 5.43 Å². The Balaban J connectivity index is 2.18. The summed E-state index contributed by atoms with van der Waals surface area (Å²) in [6, 6.07) is 0. The van der Waals surface area contributed by atoms with Crippen LogP contribution in [-0.2, 0) is 0 Å². The average molecular weight is 208 g/mol. The molecular weight excluding hydrogens is 197 g/mol. The van der Waals surface area contributed by atoms with Crippen molar-refractivity contribution >= 4 is 5.96 Å². The van der Waals surface area contributed by atoms with Gasteiger partial charge in [0.15, 0.2) is 0 Å². The fourth-order valence-corrected chi connectivity index (χ4v) is 1.91. The summed E-state index contributed by atoms with van der Waals surface area (Å²) in [5.41, 5.74) is 7.95. The minimum Gasteiger partial charge on any atom is -0.369 e. The van der Waals surface area contributed by atoms with Crippen LogP contribution in [0.25, 0.3) is 0 Å². The third kappa shape index (κ3) is 1.52. The first kappa shape index (κ1) is 9.57. The molecule has 2 rings (SSSR count). The summed E-state index contributed by atoms with van der Waals surface area (Å²) in [6.45, 7) is 0.557. The number of nitrogens with zero attached hydrogens (tertiary/aromatic N) is 2. The number of hydrogen-bond donors (Lipinski definition) is 2. The van der Waals surface area contributed by atoms with Crippen LogP contribution in [0.4, 0.5) is 13.2 Å². The third-order valence-corrected chi connectivity index (χ3v) is 2.54. The second kappa shape index (κ2) is 3.01. The molecule has 2 heterocycles. The molecule has 0 bridgehead atoms. The zero-order chi connectivity index (χ0) is 10.3. The summed E-state index contributed by atoms with van der Waals surface area (Å²) in [4.78, 5) is 3.75. The lowest BCUT2D eigenvalue weighted by molar-refractivity contribution is -0.200. The second-order valence-corrected chi connectivity index (χ2v) is 3.52. The highest BCUT2D eigenvalue weighted by Gasteiger charge is 2.50. The molecule has 2 atom stereocenters. The first-order valence-electron chi connectivity index (χ1n) is 4.42. The highest BCUT2D eigenvalue weighted by Crippen LogP contribution is 2.38. The number of hydrazine groups is 1. The summed E-state index contributed by atoms with van der Waals surface area (Å²) in [7, 11) is 0. The van der Waals surface area contributed by atoms with Gasteiger partial charge in [0.1, 0.15) is 6.17 Å². The van der Waals surface area contributed by atoms with Gasteiger partial charge in [-0.15, -0.1) is 0 Å². The molecule has 0 spiro atoms. The lowest BCUT2D eigenvalue weighted by atomic mass is 9.95. The van der Waals surface area contributed by atoms with Gasteiger partial charge in [0.05, 0.1) is 5.92 Å². The van der Waals surface area contributed by atoms with Crippen molar-refractivity contribution in [2.24, 2.45) is 16.6 Å². The van der Waals surface area contributed by atoms with Gasteiger partial charge in [0.2, 0.25) is 5.96 Å².